The molecule has 138 valence electrons. The highest BCUT2D eigenvalue weighted by Crippen LogP contribution is 2.32. The third kappa shape index (κ3) is 3.63. The number of ether oxygens (including phenoxy) is 2. The highest BCUT2D eigenvalue weighted by Gasteiger charge is 2.37. The summed E-state index contributed by atoms with van der Waals surface area (Å²) in [7, 11) is 0. The Kier molecular flexibility index (Phi) is 4.83. The van der Waals surface area contributed by atoms with Crippen LogP contribution in [0.15, 0.2) is 30.3 Å². The second kappa shape index (κ2) is 7.06. The van der Waals surface area contributed by atoms with Gasteiger partial charge in [0, 0.05) is 11.8 Å². The second-order valence-electron chi connectivity index (χ2n) is 5.16. The average Bonchev–Trinajstić information content (AvgIpc) is 3.01. The van der Waals surface area contributed by atoms with E-state index in [4.69, 9.17) is 9.47 Å². The molecule has 26 heavy (non-hydrogen) atoms. The molecule has 0 spiro atoms. The van der Waals surface area contributed by atoms with E-state index in [2.05, 4.69) is 20.6 Å². The van der Waals surface area contributed by atoms with Crippen molar-refractivity contribution in [1.82, 2.24) is 19.8 Å². The number of benzene rings is 1. The molecule has 0 aliphatic rings. The minimum Gasteiger partial charge on any atom is -0.490 e. The highest BCUT2D eigenvalue weighted by molar-refractivity contribution is 5.62. The molecular formula is C16H16F3N5O2. The quantitative estimate of drug-likeness (QED) is 0.716. The normalized spacial score (nSPS) is 11.6. The third-order valence-corrected chi connectivity index (χ3v) is 3.33. The standard InChI is InChI=1S/C16H16F3N5O2/c1-3-25-11-6-5-10(9-12(11)26-4-2)20-13-7-8-14-21-22-15(16(17,18)19)24(14)23-13/h5-9H,3-4H2,1-2H3,(H,20,23). The lowest BCUT2D eigenvalue weighted by atomic mass is 10.2. The Balaban J connectivity index is 1.92. The predicted molar refractivity (Wildman–Crippen MR) is 87.8 cm³/mol. The first-order chi connectivity index (χ1) is 12.4. The predicted octanol–water partition coefficient (Wildman–Crippen LogP) is 3.68. The molecule has 7 nitrogen and oxygen atoms in total. The van der Waals surface area contributed by atoms with Crippen LogP contribution in [-0.2, 0) is 6.18 Å². The van der Waals surface area contributed by atoms with Gasteiger partial charge in [-0.05, 0) is 38.1 Å². The van der Waals surface area contributed by atoms with Crippen LogP contribution < -0.4 is 14.8 Å². The van der Waals surface area contributed by atoms with E-state index in [1.807, 2.05) is 13.8 Å². The maximum absolute atomic E-state index is 13.0. The lowest BCUT2D eigenvalue weighted by molar-refractivity contribution is -0.146. The number of alkyl halides is 3. The Hall–Kier alpha value is -3.04. The Morgan fingerprint density at radius 2 is 1.73 bits per heavy atom. The van der Waals surface area contributed by atoms with Gasteiger partial charge in [0.25, 0.3) is 5.82 Å². The number of rotatable bonds is 6. The molecule has 0 saturated carbocycles. The largest absolute Gasteiger partial charge is 0.490 e. The molecule has 3 aromatic rings. The van der Waals surface area contributed by atoms with Gasteiger partial charge in [0.2, 0.25) is 0 Å². The molecule has 1 aromatic carbocycles. The number of aromatic nitrogens is 4. The number of hydrogen-bond acceptors (Lipinski definition) is 6. The van der Waals surface area contributed by atoms with E-state index in [0.29, 0.717) is 34.9 Å². The van der Waals surface area contributed by atoms with Crippen molar-refractivity contribution in [2.75, 3.05) is 18.5 Å². The van der Waals surface area contributed by atoms with Gasteiger partial charge in [-0.2, -0.15) is 17.7 Å². The van der Waals surface area contributed by atoms with Crippen molar-refractivity contribution in [3.63, 3.8) is 0 Å². The molecule has 2 aromatic heterocycles. The first kappa shape index (κ1) is 17.8. The monoisotopic (exact) mass is 367 g/mol. The minimum atomic E-state index is -4.65. The number of anilines is 2. The molecule has 0 radical (unpaired) electrons. The Morgan fingerprint density at radius 1 is 1.00 bits per heavy atom. The van der Waals surface area contributed by atoms with Crippen LogP contribution in [0.4, 0.5) is 24.7 Å². The van der Waals surface area contributed by atoms with E-state index in [1.54, 1.807) is 18.2 Å². The minimum absolute atomic E-state index is 0.00424. The summed E-state index contributed by atoms with van der Waals surface area (Å²) in [6.07, 6.45) is -4.65. The maximum Gasteiger partial charge on any atom is 0.453 e. The van der Waals surface area contributed by atoms with E-state index in [0.717, 1.165) is 0 Å². The molecule has 0 aliphatic carbocycles. The lowest BCUT2D eigenvalue weighted by Gasteiger charge is -2.13. The summed E-state index contributed by atoms with van der Waals surface area (Å²) in [4.78, 5) is 0. The number of hydrogen-bond donors (Lipinski definition) is 1. The van der Waals surface area contributed by atoms with Crippen molar-refractivity contribution in [3.8, 4) is 11.5 Å². The van der Waals surface area contributed by atoms with E-state index >= 15 is 0 Å². The van der Waals surface area contributed by atoms with Gasteiger partial charge < -0.3 is 14.8 Å². The third-order valence-electron chi connectivity index (χ3n) is 3.33. The van der Waals surface area contributed by atoms with Crippen molar-refractivity contribution in [3.05, 3.63) is 36.2 Å². The molecule has 1 N–H and O–H groups in total. The molecule has 0 fully saturated rings. The van der Waals surface area contributed by atoms with Crippen molar-refractivity contribution in [2.45, 2.75) is 20.0 Å². The van der Waals surface area contributed by atoms with E-state index < -0.39 is 12.0 Å². The summed E-state index contributed by atoms with van der Waals surface area (Å²) < 4.78 is 50.5. The van der Waals surface area contributed by atoms with Gasteiger partial charge in [0.05, 0.1) is 13.2 Å². The van der Waals surface area contributed by atoms with Crippen LogP contribution in [0.2, 0.25) is 0 Å². The topological polar surface area (TPSA) is 73.6 Å². The summed E-state index contributed by atoms with van der Waals surface area (Å²) in [5.74, 6) is 0.134. The van der Waals surface area contributed by atoms with Crippen LogP contribution in [0, 0.1) is 0 Å². The summed E-state index contributed by atoms with van der Waals surface area (Å²) in [6.45, 7) is 4.64. The first-order valence-electron chi connectivity index (χ1n) is 7.88. The molecule has 0 aliphatic heterocycles. The molecule has 0 bridgehead atoms. The summed E-state index contributed by atoms with van der Waals surface area (Å²) >= 11 is 0. The van der Waals surface area contributed by atoms with Crippen LogP contribution in [0.5, 0.6) is 11.5 Å². The second-order valence-corrected chi connectivity index (χ2v) is 5.16. The zero-order valence-corrected chi connectivity index (χ0v) is 14.0. The van der Waals surface area contributed by atoms with Crippen LogP contribution in [0.3, 0.4) is 0 Å². The number of fused-ring (bicyclic) bond motifs is 1. The fourth-order valence-corrected chi connectivity index (χ4v) is 2.31. The van der Waals surface area contributed by atoms with Crippen molar-refractivity contribution in [2.24, 2.45) is 0 Å². The lowest BCUT2D eigenvalue weighted by Crippen LogP contribution is -2.13. The Morgan fingerprint density at radius 3 is 2.42 bits per heavy atom. The van der Waals surface area contributed by atoms with Crippen molar-refractivity contribution >= 4 is 17.2 Å². The van der Waals surface area contributed by atoms with Crippen LogP contribution in [-0.4, -0.2) is 33.0 Å². The zero-order valence-electron chi connectivity index (χ0n) is 14.0. The summed E-state index contributed by atoms with van der Waals surface area (Å²) in [5, 5.41) is 13.5. The van der Waals surface area contributed by atoms with Gasteiger partial charge in [-0.3, -0.25) is 0 Å². The van der Waals surface area contributed by atoms with E-state index in [1.165, 1.54) is 12.1 Å². The van der Waals surface area contributed by atoms with Crippen LogP contribution >= 0.6 is 0 Å². The smallest absolute Gasteiger partial charge is 0.453 e. The molecular weight excluding hydrogens is 351 g/mol. The Labute approximate surface area is 146 Å². The molecule has 3 rings (SSSR count). The van der Waals surface area contributed by atoms with Gasteiger partial charge in [0.15, 0.2) is 23.0 Å². The van der Waals surface area contributed by atoms with Gasteiger partial charge >= 0.3 is 6.18 Å². The van der Waals surface area contributed by atoms with Crippen LogP contribution in [0.25, 0.3) is 5.65 Å². The van der Waals surface area contributed by atoms with Gasteiger partial charge in [-0.25, -0.2) is 0 Å². The SMILES string of the molecule is CCOc1ccc(Nc2ccc3nnc(C(F)(F)F)n3n2)cc1OCC. The Bertz CT molecular complexity index is 911. The average molecular weight is 367 g/mol. The highest BCUT2D eigenvalue weighted by atomic mass is 19.4. The first-order valence-corrected chi connectivity index (χ1v) is 7.88. The van der Waals surface area contributed by atoms with Crippen molar-refractivity contribution < 1.29 is 22.6 Å². The summed E-state index contributed by atoms with van der Waals surface area (Å²) in [6, 6.07) is 8.04. The van der Waals surface area contributed by atoms with Gasteiger partial charge in [-0.1, -0.05) is 0 Å². The number of halogens is 3. The van der Waals surface area contributed by atoms with Crippen molar-refractivity contribution in [1.29, 1.82) is 0 Å². The fourth-order valence-electron chi connectivity index (χ4n) is 2.31. The zero-order chi connectivity index (χ0) is 18.7. The summed E-state index contributed by atoms with van der Waals surface area (Å²) in [5.41, 5.74) is 0.593. The van der Waals surface area contributed by atoms with Crippen LogP contribution in [0.1, 0.15) is 19.7 Å². The molecule has 10 heteroatoms. The fraction of sp³-hybridized carbons (Fsp3) is 0.312. The van der Waals surface area contributed by atoms with E-state index in [9.17, 15) is 13.2 Å². The van der Waals surface area contributed by atoms with Gasteiger partial charge in [0.1, 0.15) is 0 Å². The number of nitrogens with one attached hydrogen (secondary N) is 1. The number of nitrogens with zero attached hydrogens (tertiary/aromatic N) is 4. The molecule has 0 atom stereocenters. The molecule has 2 heterocycles. The van der Waals surface area contributed by atoms with Gasteiger partial charge in [-0.15, -0.1) is 15.3 Å². The van der Waals surface area contributed by atoms with E-state index in [-0.39, 0.29) is 11.5 Å². The molecule has 0 amide bonds. The molecule has 0 saturated heterocycles. The maximum atomic E-state index is 13.0. The molecule has 0 unspecified atom stereocenters.